The first-order valence-corrected chi connectivity index (χ1v) is 29.6. The van der Waals surface area contributed by atoms with E-state index in [0.717, 1.165) is 11.3 Å². The smallest absolute Gasteiger partial charge is 0.326 e. The van der Waals surface area contributed by atoms with Gasteiger partial charge in [-0.05, 0) is 132 Å². The number of Topliss-reactive ketones (excluding diaryl/α,β-unsaturated/α-hetero) is 1. The SMILES string of the molecule is CC(=O)c1cc(C(=O)Nc2nc(C)nc(-c3ccccn3)n2)n(C)c1.Cc1nc(NC(=O)Nc2ccc([N+](=O)[O-])cc2C)nc(-c2ccccn2)n1.Cc1nc(NC(=O)Nc2ccccc2C)nc(-c2ccccn2)n1.Cc1nc(NC(=O)c2[nH]ccc2Cl)nc(-c2ccccn2)n1. The highest BCUT2D eigenvalue weighted by Crippen LogP contribution is 2.23. The van der Waals surface area contributed by atoms with Crippen molar-refractivity contribution in [3.05, 3.63) is 231 Å². The van der Waals surface area contributed by atoms with Crippen LogP contribution in [0.15, 0.2) is 165 Å². The fourth-order valence-corrected chi connectivity index (χ4v) is 8.75. The van der Waals surface area contributed by atoms with Crippen LogP contribution in [0.4, 0.5) is 50.4 Å². The minimum atomic E-state index is -0.579. The average Bonchev–Trinajstić information content (AvgIpc) is 1.98. The molecule has 2 aromatic carbocycles. The summed E-state index contributed by atoms with van der Waals surface area (Å²) in [6.45, 7) is 11.9. The van der Waals surface area contributed by atoms with E-state index in [2.05, 4.69) is 117 Å². The molecule has 0 atom stereocenters. The van der Waals surface area contributed by atoms with E-state index < -0.39 is 28.8 Å². The highest BCUT2D eigenvalue weighted by molar-refractivity contribution is 6.34. The van der Waals surface area contributed by atoms with Crippen LogP contribution in [0.5, 0.6) is 0 Å². The molecule has 0 aliphatic rings. The number of aromatic amines is 1. The van der Waals surface area contributed by atoms with Gasteiger partial charge >= 0.3 is 12.1 Å². The van der Waals surface area contributed by atoms with E-state index >= 15 is 0 Å². The number of hydrogen-bond donors (Lipinski definition) is 7. The maximum absolute atomic E-state index is 12.5. The molecule has 12 aromatic rings. The third-order valence-electron chi connectivity index (χ3n) is 13.1. The second-order valence-corrected chi connectivity index (χ2v) is 21.0. The second-order valence-electron chi connectivity index (χ2n) is 20.6. The fraction of sp³-hybridized carbons (Fsp3) is 0.123. The van der Waals surface area contributed by atoms with Gasteiger partial charge in [0.2, 0.25) is 23.8 Å². The highest BCUT2D eigenvalue weighted by atomic mass is 35.5. The van der Waals surface area contributed by atoms with Crippen LogP contribution in [0.25, 0.3) is 46.1 Å². The number of urea groups is 2. The number of halogens is 1. The molecular formula is C65H58ClN25O7. The van der Waals surface area contributed by atoms with Crippen LogP contribution in [0.2, 0.25) is 5.02 Å². The van der Waals surface area contributed by atoms with Gasteiger partial charge in [0, 0.05) is 73.3 Å². The van der Waals surface area contributed by atoms with E-state index in [9.17, 15) is 34.1 Å². The van der Waals surface area contributed by atoms with Gasteiger partial charge < -0.3 is 20.2 Å². The lowest BCUT2D eigenvalue weighted by Gasteiger charge is -2.10. The quantitative estimate of drug-likeness (QED) is 0.0302. The Kier molecular flexibility index (Phi) is 22.7. The van der Waals surface area contributed by atoms with E-state index in [0.29, 0.717) is 96.9 Å². The lowest BCUT2D eigenvalue weighted by atomic mass is 10.2. The van der Waals surface area contributed by atoms with Crippen molar-refractivity contribution in [2.24, 2.45) is 7.05 Å². The molecule has 0 bridgehead atoms. The molecule has 0 spiro atoms. The van der Waals surface area contributed by atoms with E-state index in [1.165, 1.54) is 31.2 Å². The molecule has 10 heterocycles. The number of amides is 6. The Morgan fingerprint density at radius 3 is 1.21 bits per heavy atom. The Bertz CT molecular complexity index is 4860. The third kappa shape index (κ3) is 19.3. The summed E-state index contributed by atoms with van der Waals surface area (Å²) in [5, 5.41) is 26.9. The molecule has 12 rings (SSSR count). The van der Waals surface area contributed by atoms with Crippen molar-refractivity contribution in [2.45, 2.75) is 48.5 Å². The van der Waals surface area contributed by atoms with Crippen molar-refractivity contribution < 1.29 is 28.9 Å². The molecule has 0 aliphatic carbocycles. The van der Waals surface area contributed by atoms with E-state index in [1.807, 2.05) is 55.5 Å². The summed E-state index contributed by atoms with van der Waals surface area (Å²) < 4.78 is 1.58. The fourth-order valence-electron chi connectivity index (χ4n) is 8.55. The number of rotatable bonds is 14. The van der Waals surface area contributed by atoms with Crippen LogP contribution in [0, 0.1) is 51.7 Å². The topological polar surface area (TPSA) is 428 Å². The predicted octanol–water partition coefficient (Wildman–Crippen LogP) is 10.8. The summed E-state index contributed by atoms with van der Waals surface area (Å²) in [6.07, 6.45) is 9.74. The predicted molar refractivity (Wildman–Crippen MR) is 363 cm³/mol. The zero-order valence-corrected chi connectivity index (χ0v) is 54.1. The summed E-state index contributed by atoms with van der Waals surface area (Å²) in [6, 6.07) is 35.4. The van der Waals surface area contributed by atoms with Crippen LogP contribution in [-0.4, -0.2) is 124 Å². The maximum atomic E-state index is 12.5. The number of nitrogens with one attached hydrogen (secondary N) is 7. The molecule has 0 saturated carbocycles. The minimum absolute atomic E-state index is 0.0495. The number of H-pyrrole nitrogens is 1. The number of aromatic nitrogens is 18. The number of ketones is 1. The number of anilines is 6. The van der Waals surface area contributed by atoms with Crippen molar-refractivity contribution in [3.8, 4) is 46.1 Å². The maximum Gasteiger partial charge on any atom is 0.326 e. The molecule has 0 saturated heterocycles. The summed E-state index contributed by atoms with van der Waals surface area (Å²) in [7, 11) is 1.69. The summed E-state index contributed by atoms with van der Waals surface area (Å²) in [5.41, 5.74) is 6.04. The number of nitro benzene ring substituents is 1. The van der Waals surface area contributed by atoms with Crippen molar-refractivity contribution in [1.82, 2.24) is 89.3 Å². The lowest BCUT2D eigenvalue weighted by molar-refractivity contribution is -0.384. The number of carbonyl (C=O) groups excluding carboxylic acids is 5. The number of para-hydroxylation sites is 1. The molecule has 492 valence electrons. The average molecular weight is 1340 g/mol. The Hall–Kier alpha value is -13.5. The Labute approximate surface area is 562 Å². The standard InChI is InChI=1S/C17H15N7O3.C17H16N6O2.C17H16N6O.C14H11ClN6O/c1-10-9-12(24(26)27)6-7-13(10)21-17(25)23-16-20-11(2)19-15(22-16)14-5-3-4-8-18-14;1-10(24)12-8-14(23(3)9-12)16(25)22-17-20-11(2)19-15(21-17)13-6-4-5-7-18-13;1-11-7-3-4-8-13(11)21-17(24)23-16-20-12(2)19-15(22-16)14-9-5-6-10-18-14;1-8-18-12(10-4-2-3-6-16-10)20-14(19-8)21-13(22)11-9(15)5-7-17-11/h3-9H,1-2H3,(H2,19,20,21,22,23,25);4-9H,1-3H3,(H,19,20,21,22,25);3-10H,1-2H3,(H2,19,20,21,22,23,24);2-7,17H,1H3,(H,18,19,20,21,22). The molecule has 6 amide bonds. The monoisotopic (exact) mass is 1340 g/mol. The van der Waals surface area contributed by atoms with Gasteiger partial charge in [0.25, 0.3) is 17.5 Å². The summed E-state index contributed by atoms with van der Waals surface area (Å²) in [4.78, 5) is 141. The van der Waals surface area contributed by atoms with E-state index in [4.69, 9.17) is 11.6 Å². The van der Waals surface area contributed by atoms with E-state index in [-0.39, 0.29) is 41.0 Å². The first-order valence-electron chi connectivity index (χ1n) is 29.3. The Balaban J connectivity index is 0.000000153. The number of carbonyl (C=O) groups is 5. The van der Waals surface area contributed by atoms with Crippen LogP contribution >= 0.6 is 11.6 Å². The zero-order chi connectivity index (χ0) is 69.8. The number of hydrogen-bond acceptors (Lipinski definition) is 23. The Morgan fingerprint density at radius 2 is 0.857 bits per heavy atom. The second kappa shape index (κ2) is 32.4. The van der Waals surface area contributed by atoms with Gasteiger partial charge in [0.15, 0.2) is 29.1 Å². The minimum Gasteiger partial charge on any atom is -0.356 e. The highest BCUT2D eigenvalue weighted by Gasteiger charge is 2.20. The van der Waals surface area contributed by atoms with Crippen LogP contribution < -0.4 is 31.9 Å². The molecular weight excluding hydrogens is 1280 g/mol. The van der Waals surface area contributed by atoms with Gasteiger partial charge in [-0.15, -0.1) is 0 Å². The summed E-state index contributed by atoms with van der Waals surface area (Å²) >= 11 is 5.90. The largest absolute Gasteiger partial charge is 0.356 e. The molecule has 10 aromatic heterocycles. The van der Waals surface area contributed by atoms with Crippen molar-refractivity contribution >= 4 is 82.1 Å². The van der Waals surface area contributed by atoms with Crippen molar-refractivity contribution in [2.75, 3.05) is 31.9 Å². The normalized spacial score (nSPS) is 10.4. The first-order chi connectivity index (χ1) is 47.1. The van der Waals surface area contributed by atoms with Crippen LogP contribution in [0.1, 0.15) is 72.7 Å². The van der Waals surface area contributed by atoms with Gasteiger partial charge in [-0.3, -0.25) is 65.7 Å². The molecule has 0 aliphatic heterocycles. The van der Waals surface area contributed by atoms with Crippen LogP contribution in [0.3, 0.4) is 0 Å². The molecule has 98 heavy (non-hydrogen) atoms. The zero-order valence-electron chi connectivity index (χ0n) is 53.4. The van der Waals surface area contributed by atoms with Crippen molar-refractivity contribution in [1.29, 1.82) is 0 Å². The lowest BCUT2D eigenvalue weighted by Crippen LogP contribution is -2.22. The van der Waals surface area contributed by atoms with Gasteiger partial charge in [-0.1, -0.05) is 54.1 Å². The molecule has 0 unspecified atom stereocenters. The van der Waals surface area contributed by atoms with Crippen LogP contribution in [-0.2, 0) is 7.05 Å². The number of benzene rings is 2. The third-order valence-corrected chi connectivity index (χ3v) is 13.4. The van der Waals surface area contributed by atoms with Gasteiger partial charge in [-0.2, -0.15) is 39.9 Å². The van der Waals surface area contributed by atoms with Crippen molar-refractivity contribution in [3.63, 3.8) is 0 Å². The Morgan fingerprint density at radius 1 is 0.459 bits per heavy atom. The molecule has 0 radical (unpaired) electrons. The number of pyridine rings is 4. The van der Waals surface area contributed by atoms with Gasteiger partial charge in [0.05, 0.1) is 9.95 Å². The summed E-state index contributed by atoms with van der Waals surface area (Å²) in [5.74, 6) is 2.94. The number of nitro groups is 1. The molecule has 33 heteroatoms. The molecule has 7 N–H and O–H groups in total. The molecule has 0 fully saturated rings. The van der Waals surface area contributed by atoms with Gasteiger partial charge in [0.1, 0.15) is 57.5 Å². The number of non-ortho nitro benzene ring substituents is 1. The van der Waals surface area contributed by atoms with Gasteiger partial charge in [-0.25, -0.2) is 29.5 Å². The number of aryl methyl sites for hydroxylation is 7. The molecule has 32 nitrogen and oxygen atoms in total. The number of nitrogens with zero attached hydrogens (tertiary/aromatic N) is 18. The first kappa shape index (κ1) is 68.8. The van der Waals surface area contributed by atoms with E-state index in [1.54, 1.807) is 138 Å².